The van der Waals surface area contributed by atoms with Crippen LogP contribution in [0.2, 0.25) is 0 Å². The Bertz CT molecular complexity index is 2080. The van der Waals surface area contributed by atoms with E-state index in [1.165, 1.54) is 10.8 Å². The molecular weight excluding hydrogens is 480 g/mol. The monoisotopic (exact) mass is 502 g/mol. The van der Waals surface area contributed by atoms with Crippen molar-refractivity contribution in [2.45, 2.75) is 0 Å². The molecule has 8 rings (SSSR count). The van der Waals surface area contributed by atoms with Gasteiger partial charge in [0.15, 0.2) is 5.58 Å². The summed E-state index contributed by atoms with van der Waals surface area (Å²) in [5.74, 6) is 0.621. The summed E-state index contributed by atoms with van der Waals surface area (Å²) in [6.45, 7) is 0. The minimum atomic E-state index is 0.621. The molecule has 39 heavy (non-hydrogen) atoms. The lowest BCUT2D eigenvalue weighted by Gasteiger charge is -2.11. The van der Waals surface area contributed by atoms with Gasteiger partial charge in [0.25, 0.3) is 0 Å². The van der Waals surface area contributed by atoms with Gasteiger partial charge in [-0.3, -0.25) is 4.98 Å². The molecule has 0 saturated heterocycles. The summed E-state index contributed by atoms with van der Waals surface area (Å²) in [5.41, 5.74) is 8.94. The minimum absolute atomic E-state index is 0.621. The Morgan fingerprint density at radius 1 is 0.590 bits per heavy atom. The lowest BCUT2D eigenvalue weighted by molar-refractivity contribution is 0.620. The molecule has 5 heteroatoms. The largest absolute Gasteiger partial charge is 0.436 e. The first kappa shape index (κ1) is 21.6. The van der Waals surface area contributed by atoms with Gasteiger partial charge >= 0.3 is 0 Å². The van der Waals surface area contributed by atoms with Crippen LogP contribution in [0.3, 0.4) is 0 Å². The molecule has 5 nitrogen and oxygen atoms in total. The fraction of sp³-hybridized carbons (Fsp3) is 0. The first-order valence-corrected chi connectivity index (χ1v) is 12.9. The molecule has 0 radical (unpaired) electrons. The molecule has 0 N–H and O–H groups in total. The van der Waals surface area contributed by atoms with Crippen LogP contribution in [0.25, 0.3) is 67.0 Å². The van der Waals surface area contributed by atoms with Gasteiger partial charge in [-0.25, -0.2) is 4.98 Å². The number of hydrogen-bond acceptors (Lipinski definition) is 3. The molecule has 184 valence electrons. The van der Waals surface area contributed by atoms with Crippen LogP contribution in [-0.4, -0.2) is 19.1 Å². The second-order valence-electron chi connectivity index (χ2n) is 9.61. The number of rotatable bonds is 4. The number of pyridine rings is 1. The molecule has 0 aliphatic carbocycles. The molecule has 0 aliphatic heterocycles. The van der Waals surface area contributed by atoms with E-state index in [-0.39, 0.29) is 0 Å². The molecule has 0 bridgehead atoms. The Morgan fingerprint density at radius 2 is 1.44 bits per heavy atom. The fourth-order valence-electron chi connectivity index (χ4n) is 5.40. The van der Waals surface area contributed by atoms with E-state index in [1.54, 1.807) is 0 Å². The molecule has 4 aromatic carbocycles. The zero-order chi connectivity index (χ0) is 25.8. The molecule has 0 unspecified atom stereocenters. The van der Waals surface area contributed by atoms with Gasteiger partial charge in [-0.2, -0.15) is 0 Å². The summed E-state index contributed by atoms with van der Waals surface area (Å²) < 4.78 is 10.5. The molecule has 0 aliphatic rings. The van der Waals surface area contributed by atoms with Crippen LogP contribution < -0.4 is 0 Å². The maximum absolute atomic E-state index is 6.11. The van der Waals surface area contributed by atoms with Crippen LogP contribution in [0, 0.1) is 0 Å². The first-order chi connectivity index (χ1) is 19.3. The highest BCUT2D eigenvalue weighted by atomic mass is 16.3. The van der Waals surface area contributed by atoms with Gasteiger partial charge in [0, 0.05) is 40.0 Å². The van der Waals surface area contributed by atoms with Gasteiger partial charge < -0.3 is 13.6 Å². The summed E-state index contributed by atoms with van der Waals surface area (Å²) in [7, 11) is 0. The van der Waals surface area contributed by atoms with Crippen molar-refractivity contribution in [2.75, 3.05) is 0 Å². The van der Waals surface area contributed by atoms with Crippen LogP contribution in [0.4, 0.5) is 0 Å². The quantitative estimate of drug-likeness (QED) is 0.243. The number of oxazole rings is 1. The Labute approximate surface area is 224 Å². The third kappa shape index (κ3) is 3.55. The normalized spacial score (nSPS) is 11.6. The summed E-state index contributed by atoms with van der Waals surface area (Å²) in [4.78, 5) is 9.52. The third-order valence-corrected chi connectivity index (χ3v) is 7.27. The molecule has 0 saturated carbocycles. The smallest absolute Gasteiger partial charge is 0.227 e. The predicted octanol–water partition coefficient (Wildman–Crippen LogP) is 8.44. The summed E-state index contributed by atoms with van der Waals surface area (Å²) in [5, 5.41) is 2.39. The van der Waals surface area contributed by atoms with Crippen molar-refractivity contribution in [3.8, 4) is 34.1 Å². The average Bonchev–Trinajstić information content (AvgIpc) is 3.75. The van der Waals surface area contributed by atoms with Gasteiger partial charge in [0.2, 0.25) is 5.89 Å². The fourth-order valence-corrected chi connectivity index (χ4v) is 5.40. The second-order valence-corrected chi connectivity index (χ2v) is 9.61. The Hall–Kier alpha value is -5.42. The number of para-hydroxylation sites is 3. The number of aromatic nitrogens is 4. The lowest BCUT2D eigenvalue weighted by Crippen LogP contribution is -1.96. The van der Waals surface area contributed by atoms with E-state index in [0.29, 0.717) is 5.89 Å². The van der Waals surface area contributed by atoms with E-state index in [0.717, 1.165) is 50.3 Å². The second kappa shape index (κ2) is 8.57. The van der Waals surface area contributed by atoms with Crippen molar-refractivity contribution in [1.82, 2.24) is 19.1 Å². The third-order valence-electron chi connectivity index (χ3n) is 7.27. The van der Waals surface area contributed by atoms with Crippen molar-refractivity contribution < 1.29 is 4.42 Å². The molecular formula is C34H22N4O. The highest BCUT2D eigenvalue weighted by Crippen LogP contribution is 2.36. The lowest BCUT2D eigenvalue weighted by atomic mass is 10.1. The van der Waals surface area contributed by atoms with Gasteiger partial charge in [-0.1, -0.05) is 48.5 Å². The van der Waals surface area contributed by atoms with Crippen LogP contribution in [0.1, 0.15) is 0 Å². The van der Waals surface area contributed by atoms with Crippen molar-refractivity contribution in [1.29, 1.82) is 0 Å². The summed E-state index contributed by atoms with van der Waals surface area (Å²) in [6, 6.07) is 39.6. The average molecular weight is 503 g/mol. The highest BCUT2D eigenvalue weighted by molar-refractivity contribution is 6.10. The minimum Gasteiger partial charge on any atom is -0.436 e. The Balaban J connectivity index is 1.28. The maximum Gasteiger partial charge on any atom is 0.227 e. The van der Waals surface area contributed by atoms with E-state index < -0.39 is 0 Å². The molecule has 0 atom stereocenters. The number of hydrogen-bond donors (Lipinski definition) is 0. The summed E-state index contributed by atoms with van der Waals surface area (Å²) >= 11 is 0. The first-order valence-electron chi connectivity index (χ1n) is 12.9. The van der Waals surface area contributed by atoms with Crippen molar-refractivity contribution in [3.05, 3.63) is 134 Å². The molecule has 0 fully saturated rings. The standard InChI is InChI=1S/C34H22N4O/c1-3-12-31-27(10-1)28-16-14-24(34-36-30-11-2-4-13-33(30)39-34)21-32(28)38(31)25-9-7-8-23(20-25)29-17-15-26(22-35-29)37-18-5-6-19-37/h1-22H. The maximum atomic E-state index is 6.11. The van der Waals surface area contributed by atoms with Gasteiger partial charge in [-0.15, -0.1) is 0 Å². The molecule has 0 spiro atoms. The van der Waals surface area contributed by atoms with E-state index in [9.17, 15) is 0 Å². The highest BCUT2D eigenvalue weighted by Gasteiger charge is 2.16. The number of benzene rings is 4. The molecule has 4 aromatic heterocycles. The van der Waals surface area contributed by atoms with Crippen molar-refractivity contribution in [3.63, 3.8) is 0 Å². The molecule has 8 aromatic rings. The SMILES string of the molecule is c1cc(-c2ccc(-n3cccc3)cn2)cc(-n2c3ccccc3c3ccc(-c4nc5ccccc5o4)cc32)c1. The molecule has 4 heterocycles. The van der Waals surface area contributed by atoms with Gasteiger partial charge in [-0.05, 0) is 66.7 Å². The zero-order valence-corrected chi connectivity index (χ0v) is 20.9. The van der Waals surface area contributed by atoms with Crippen LogP contribution in [-0.2, 0) is 0 Å². The number of fused-ring (bicyclic) bond motifs is 4. The Morgan fingerprint density at radius 3 is 2.31 bits per heavy atom. The predicted molar refractivity (Wildman–Crippen MR) is 156 cm³/mol. The Kier molecular flexibility index (Phi) is 4.76. The van der Waals surface area contributed by atoms with Gasteiger partial charge in [0.05, 0.1) is 28.6 Å². The van der Waals surface area contributed by atoms with E-state index in [2.05, 4.69) is 88.0 Å². The van der Waals surface area contributed by atoms with Crippen LogP contribution in [0.5, 0.6) is 0 Å². The summed E-state index contributed by atoms with van der Waals surface area (Å²) in [6.07, 6.45) is 5.96. The van der Waals surface area contributed by atoms with E-state index in [1.807, 2.05) is 55.0 Å². The topological polar surface area (TPSA) is 48.8 Å². The van der Waals surface area contributed by atoms with Crippen LogP contribution >= 0.6 is 0 Å². The van der Waals surface area contributed by atoms with E-state index in [4.69, 9.17) is 14.4 Å². The number of nitrogens with zero attached hydrogens (tertiary/aromatic N) is 4. The zero-order valence-electron chi connectivity index (χ0n) is 20.9. The van der Waals surface area contributed by atoms with Crippen molar-refractivity contribution >= 4 is 32.9 Å². The van der Waals surface area contributed by atoms with E-state index >= 15 is 0 Å². The molecule has 0 amide bonds. The van der Waals surface area contributed by atoms with Gasteiger partial charge in [0.1, 0.15) is 5.52 Å². The van der Waals surface area contributed by atoms with Crippen LogP contribution in [0.15, 0.2) is 138 Å². The van der Waals surface area contributed by atoms with Crippen molar-refractivity contribution in [2.24, 2.45) is 0 Å².